The maximum absolute atomic E-state index is 5.51. The van der Waals surface area contributed by atoms with Crippen LogP contribution < -0.4 is 14.8 Å². The number of rotatable bonds is 4. The van der Waals surface area contributed by atoms with E-state index in [9.17, 15) is 0 Å². The van der Waals surface area contributed by atoms with E-state index in [1.165, 1.54) is 11.1 Å². The molecule has 26 heavy (non-hydrogen) atoms. The molecule has 0 aliphatic heterocycles. The van der Waals surface area contributed by atoms with Crippen LogP contribution in [0.1, 0.15) is 31.9 Å². The third-order valence-electron chi connectivity index (χ3n) is 4.65. The zero-order valence-corrected chi connectivity index (χ0v) is 16.4. The van der Waals surface area contributed by atoms with Crippen molar-refractivity contribution < 1.29 is 9.47 Å². The Balaban J connectivity index is 2.21. The fourth-order valence-electron chi connectivity index (χ4n) is 3.02. The number of hydrogen-bond acceptors (Lipinski definition) is 3. The smallest absolute Gasteiger partial charge is 0.161 e. The summed E-state index contributed by atoms with van der Waals surface area (Å²) in [5, 5.41) is 5.82. The molecule has 1 N–H and O–H groups in total. The van der Waals surface area contributed by atoms with Crippen molar-refractivity contribution in [3.8, 4) is 11.5 Å². The van der Waals surface area contributed by atoms with Gasteiger partial charge in [0.05, 0.1) is 14.2 Å². The predicted octanol–water partition coefficient (Wildman–Crippen LogP) is 6.21. The van der Waals surface area contributed by atoms with Gasteiger partial charge in [-0.15, -0.1) is 0 Å². The third kappa shape index (κ3) is 3.62. The van der Waals surface area contributed by atoms with Crippen molar-refractivity contribution in [2.24, 2.45) is 0 Å². The Morgan fingerprint density at radius 1 is 0.808 bits per heavy atom. The minimum absolute atomic E-state index is 0.0467. The normalized spacial score (nSPS) is 11.5. The molecule has 0 amide bonds. The molecule has 3 aromatic carbocycles. The summed E-state index contributed by atoms with van der Waals surface area (Å²) in [6, 6.07) is 17.0. The number of hydrogen-bond donors (Lipinski definition) is 1. The Morgan fingerprint density at radius 3 is 2.00 bits per heavy atom. The van der Waals surface area contributed by atoms with Gasteiger partial charge in [0.1, 0.15) is 0 Å². The van der Waals surface area contributed by atoms with Crippen LogP contribution in [0.4, 0.5) is 11.4 Å². The van der Waals surface area contributed by atoms with Crippen molar-refractivity contribution in [3.05, 3.63) is 59.7 Å². The Morgan fingerprint density at radius 2 is 1.42 bits per heavy atom. The van der Waals surface area contributed by atoms with Crippen LogP contribution in [0, 0.1) is 6.92 Å². The lowest BCUT2D eigenvalue weighted by atomic mass is 9.85. The molecule has 3 nitrogen and oxygen atoms in total. The van der Waals surface area contributed by atoms with E-state index >= 15 is 0 Å². The van der Waals surface area contributed by atoms with Gasteiger partial charge in [0, 0.05) is 16.8 Å². The van der Waals surface area contributed by atoms with Crippen molar-refractivity contribution in [3.63, 3.8) is 0 Å². The van der Waals surface area contributed by atoms with E-state index in [-0.39, 0.29) is 5.41 Å². The number of nitrogens with one attached hydrogen (secondary N) is 1. The number of aryl methyl sites for hydroxylation is 1. The number of anilines is 2. The van der Waals surface area contributed by atoms with E-state index in [2.05, 4.69) is 69.4 Å². The van der Waals surface area contributed by atoms with Crippen molar-refractivity contribution >= 4 is 22.1 Å². The Kier molecular flexibility index (Phi) is 4.82. The fraction of sp³-hybridized carbons (Fsp3) is 0.304. The molecule has 0 fully saturated rings. The molecule has 3 aromatic rings. The first kappa shape index (κ1) is 18.1. The summed E-state index contributed by atoms with van der Waals surface area (Å²) in [5.41, 5.74) is 4.70. The number of fused-ring (bicyclic) bond motifs is 1. The summed E-state index contributed by atoms with van der Waals surface area (Å²) in [5.74, 6) is 1.47. The van der Waals surface area contributed by atoms with Gasteiger partial charge in [-0.05, 0) is 53.6 Å². The van der Waals surface area contributed by atoms with Crippen molar-refractivity contribution in [2.45, 2.75) is 33.1 Å². The van der Waals surface area contributed by atoms with Crippen LogP contribution in [0.5, 0.6) is 11.5 Å². The number of methoxy groups -OCH3 is 2. The molecule has 3 rings (SSSR count). The number of benzene rings is 3. The minimum Gasteiger partial charge on any atom is -0.493 e. The summed E-state index contributed by atoms with van der Waals surface area (Å²) < 4.78 is 11.0. The first-order valence-electron chi connectivity index (χ1n) is 8.86. The summed E-state index contributed by atoms with van der Waals surface area (Å²) >= 11 is 0. The van der Waals surface area contributed by atoms with Crippen LogP contribution in [0.15, 0.2) is 48.5 Å². The highest BCUT2D eigenvalue weighted by Gasteiger charge is 2.18. The lowest BCUT2D eigenvalue weighted by molar-refractivity contribution is 0.356. The molecule has 0 aliphatic rings. The molecule has 0 saturated carbocycles. The van der Waals surface area contributed by atoms with Crippen molar-refractivity contribution in [2.75, 3.05) is 19.5 Å². The van der Waals surface area contributed by atoms with Crippen LogP contribution in [0.25, 0.3) is 10.8 Å². The van der Waals surface area contributed by atoms with Crippen LogP contribution in [0.2, 0.25) is 0 Å². The first-order valence-corrected chi connectivity index (χ1v) is 8.86. The van der Waals surface area contributed by atoms with Gasteiger partial charge in [0.25, 0.3) is 0 Å². The molecule has 0 unspecified atom stereocenters. The van der Waals surface area contributed by atoms with E-state index in [1.807, 2.05) is 12.1 Å². The van der Waals surface area contributed by atoms with Crippen LogP contribution in [-0.2, 0) is 5.41 Å². The molecular weight excluding hydrogens is 322 g/mol. The Bertz CT molecular complexity index is 922. The molecule has 0 atom stereocenters. The molecule has 136 valence electrons. The average molecular weight is 349 g/mol. The van der Waals surface area contributed by atoms with Gasteiger partial charge < -0.3 is 14.8 Å². The molecule has 0 bridgehead atoms. The summed E-state index contributed by atoms with van der Waals surface area (Å²) in [6.07, 6.45) is 0. The second-order valence-electron chi connectivity index (χ2n) is 7.69. The molecule has 0 saturated heterocycles. The third-order valence-corrected chi connectivity index (χ3v) is 4.65. The highest BCUT2D eigenvalue weighted by atomic mass is 16.5. The standard InChI is InChI=1S/C23H27NO2/c1-15-7-9-18(10-8-15)24-20-13-17(23(2,3)4)11-16-12-21(25-5)22(26-6)14-19(16)20/h7-14,24H,1-6H3. The highest BCUT2D eigenvalue weighted by molar-refractivity contribution is 5.98. The lowest BCUT2D eigenvalue weighted by Crippen LogP contribution is -2.11. The van der Waals surface area contributed by atoms with Gasteiger partial charge in [-0.25, -0.2) is 0 Å². The molecule has 0 aliphatic carbocycles. The average Bonchev–Trinajstić information content (AvgIpc) is 2.61. The van der Waals surface area contributed by atoms with E-state index in [1.54, 1.807) is 14.2 Å². The monoisotopic (exact) mass is 349 g/mol. The molecular formula is C23H27NO2. The van der Waals surface area contributed by atoms with Crippen LogP contribution in [0.3, 0.4) is 0 Å². The zero-order chi connectivity index (χ0) is 18.9. The van der Waals surface area contributed by atoms with E-state index in [0.29, 0.717) is 0 Å². The van der Waals surface area contributed by atoms with Gasteiger partial charge in [-0.2, -0.15) is 0 Å². The second-order valence-corrected chi connectivity index (χ2v) is 7.69. The summed E-state index contributed by atoms with van der Waals surface area (Å²) in [4.78, 5) is 0. The number of ether oxygens (including phenoxy) is 2. The lowest BCUT2D eigenvalue weighted by Gasteiger charge is -2.22. The Hall–Kier alpha value is -2.68. The molecule has 0 heterocycles. The second kappa shape index (κ2) is 6.91. The highest BCUT2D eigenvalue weighted by Crippen LogP contribution is 2.39. The van der Waals surface area contributed by atoms with Gasteiger partial charge in [0.15, 0.2) is 11.5 Å². The molecule has 0 aromatic heterocycles. The van der Waals surface area contributed by atoms with E-state index < -0.39 is 0 Å². The maximum atomic E-state index is 5.51. The van der Waals surface area contributed by atoms with E-state index in [4.69, 9.17) is 9.47 Å². The summed E-state index contributed by atoms with van der Waals surface area (Å²) in [6.45, 7) is 8.77. The minimum atomic E-state index is 0.0467. The molecule has 0 spiro atoms. The molecule has 3 heteroatoms. The van der Waals surface area contributed by atoms with Gasteiger partial charge >= 0.3 is 0 Å². The zero-order valence-electron chi connectivity index (χ0n) is 16.4. The van der Waals surface area contributed by atoms with Crippen molar-refractivity contribution in [1.29, 1.82) is 0 Å². The molecule has 0 radical (unpaired) electrons. The topological polar surface area (TPSA) is 30.5 Å². The first-order chi connectivity index (χ1) is 12.3. The quantitative estimate of drug-likeness (QED) is 0.607. The predicted molar refractivity (Wildman–Crippen MR) is 110 cm³/mol. The van der Waals surface area contributed by atoms with Gasteiger partial charge in [-0.1, -0.05) is 44.5 Å². The van der Waals surface area contributed by atoms with E-state index in [0.717, 1.165) is 33.6 Å². The summed E-state index contributed by atoms with van der Waals surface area (Å²) in [7, 11) is 3.34. The van der Waals surface area contributed by atoms with Crippen molar-refractivity contribution in [1.82, 2.24) is 0 Å². The van der Waals surface area contributed by atoms with Crippen LogP contribution >= 0.6 is 0 Å². The van der Waals surface area contributed by atoms with Crippen LogP contribution in [-0.4, -0.2) is 14.2 Å². The maximum Gasteiger partial charge on any atom is 0.161 e. The van der Waals surface area contributed by atoms with Gasteiger partial charge in [0.2, 0.25) is 0 Å². The van der Waals surface area contributed by atoms with Gasteiger partial charge in [-0.3, -0.25) is 0 Å². The SMILES string of the molecule is COc1cc2cc(C(C)(C)C)cc(Nc3ccc(C)cc3)c2cc1OC. The largest absolute Gasteiger partial charge is 0.493 e. The fourth-order valence-corrected chi connectivity index (χ4v) is 3.02. The Labute approximate surface area is 156 Å².